The van der Waals surface area contributed by atoms with E-state index in [1.807, 2.05) is 0 Å². The maximum absolute atomic E-state index is 12.5. The van der Waals surface area contributed by atoms with Crippen LogP contribution in [-0.4, -0.2) is 11.1 Å². The second kappa shape index (κ2) is 4.00. The summed E-state index contributed by atoms with van der Waals surface area (Å²) < 4.78 is 37.6. The fourth-order valence-electron chi connectivity index (χ4n) is 1.22. The zero-order valence-electron chi connectivity index (χ0n) is 8.39. The zero-order valence-corrected chi connectivity index (χ0v) is 8.39. The van der Waals surface area contributed by atoms with Crippen molar-refractivity contribution in [3.8, 4) is 5.75 Å². The SMILES string of the molecule is CC(C)Nc1c(O)cccc1C(F)(F)F. The summed E-state index contributed by atoms with van der Waals surface area (Å²) in [6.45, 7) is 3.40. The molecule has 15 heavy (non-hydrogen) atoms. The second-order valence-electron chi connectivity index (χ2n) is 3.50. The summed E-state index contributed by atoms with van der Waals surface area (Å²) in [6.07, 6.45) is -4.46. The number of phenols is 1. The summed E-state index contributed by atoms with van der Waals surface area (Å²) in [4.78, 5) is 0. The highest BCUT2D eigenvalue weighted by Gasteiger charge is 2.34. The van der Waals surface area contributed by atoms with E-state index in [0.717, 1.165) is 6.07 Å². The number of alkyl halides is 3. The lowest BCUT2D eigenvalue weighted by molar-refractivity contribution is -0.137. The Balaban J connectivity index is 3.21. The average Bonchev–Trinajstić information content (AvgIpc) is 2.05. The number of rotatable bonds is 2. The summed E-state index contributed by atoms with van der Waals surface area (Å²) in [5.41, 5.74) is -1.11. The van der Waals surface area contributed by atoms with Crippen LogP contribution in [0.4, 0.5) is 18.9 Å². The molecule has 0 heterocycles. The number of nitrogens with one attached hydrogen (secondary N) is 1. The molecule has 0 unspecified atom stereocenters. The highest BCUT2D eigenvalue weighted by Crippen LogP contribution is 2.39. The van der Waals surface area contributed by atoms with Crippen molar-refractivity contribution in [3.63, 3.8) is 0 Å². The topological polar surface area (TPSA) is 32.3 Å². The van der Waals surface area contributed by atoms with Crippen molar-refractivity contribution < 1.29 is 18.3 Å². The van der Waals surface area contributed by atoms with Gasteiger partial charge >= 0.3 is 6.18 Å². The summed E-state index contributed by atoms with van der Waals surface area (Å²) >= 11 is 0. The predicted molar refractivity (Wildman–Crippen MR) is 51.9 cm³/mol. The summed E-state index contributed by atoms with van der Waals surface area (Å²) in [6, 6.07) is 3.15. The molecule has 0 saturated heterocycles. The van der Waals surface area contributed by atoms with E-state index in [0.29, 0.717) is 0 Å². The first-order valence-corrected chi connectivity index (χ1v) is 4.48. The number of hydrogen-bond donors (Lipinski definition) is 2. The molecule has 84 valence electrons. The predicted octanol–water partition coefficient (Wildman–Crippen LogP) is 3.23. The number of benzene rings is 1. The van der Waals surface area contributed by atoms with Gasteiger partial charge in [-0.2, -0.15) is 13.2 Å². The highest BCUT2D eigenvalue weighted by atomic mass is 19.4. The number of aromatic hydroxyl groups is 1. The molecule has 2 N–H and O–H groups in total. The summed E-state index contributed by atoms with van der Waals surface area (Å²) in [7, 11) is 0. The van der Waals surface area contributed by atoms with E-state index in [-0.39, 0.29) is 11.7 Å². The van der Waals surface area contributed by atoms with E-state index in [4.69, 9.17) is 0 Å². The lowest BCUT2D eigenvalue weighted by Crippen LogP contribution is -2.15. The number of para-hydroxylation sites is 1. The minimum Gasteiger partial charge on any atom is -0.506 e. The molecular weight excluding hydrogens is 207 g/mol. The molecule has 0 radical (unpaired) electrons. The van der Waals surface area contributed by atoms with Gasteiger partial charge in [0, 0.05) is 6.04 Å². The third-order valence-corrected chi connectivity index (χ3v) is 1.78. The highest BCUT2D eigenvalue weighted by molar-refractivity contribution is 5.62. The molecular formula is C10H12F3NO. The Morgan fingerprint density at radius 3 is 2.33 bits per heavy atom. The van der Waals surface area contributed by atoms with Crippen LogP contribution in [0.15, 0.2) is 18.2 Å². The monoisotopic (exact) mass is 219 g/mol. The van der Waals surface area contributed by atoms with Gasteiger partial charge in [0.25, 0.3) is 0 Å². The van der Waals surface area contributed by atoms with Gasteiger partial charge < -0.3 is 10.4 Å². The molecule has 0 aliphatic rings. The van der Waals surface area contributed by atoms with E-state index in [1.54, 1.807) is 13.8 Å². The zero-order chi connectivity index (χ0) is 11.6. The molecule has 1 rings (SSSR count). The number of phenolic OH excluding ortho intramolecular Hbond substituents is 1. The van der Waals surface area contributed by atoms with Crippen LogP contribution in [0.5, 0.6) is 5.75 Å². The molecule has 5 heteroatoms. The van der Waals surface area contributed by atoms with Crippen LogP contribution in [-0.2, 0) is 6.18 Å². The van der Waals surface area contributed by atoms with E-state index in [9.17, 15) is 18.3 Å². The molecule has 2 nitrogen and oxygen atoms in total. The van der Waals surface area contributed by atoms with Gasteiger partial charge in [0.15, 0.2) is 0 Å². The smallest absolute Gasteiger partial charge is 0.418 e. The molecule has 0 aliphatic carbocycles. The third kappa shape index (κ3) is 2.78. The van der Waals surface area contributed by atoms with E-state index in [1.165, 1.54) is 12.1 Å². The Morgan fingerprint density at radius 2 is 1.87 bits per heavy atom. The van der Waals surface area contributed by atoms with Gasteiger partial charge in [-0.1, -0.05) is 6.07 Å². The molecule has 0 spiro atoms. The van der Waals surface area contributed by atoms with Crippen molar-refractivity contribution in [2.75, 3.05) is 5.32 Å². The minimum atomic E-state index is -4.46. The lowest BCUT2D eigenvalue weighted by Gasteiger charge is -2.17. The summed E-state index contributed by atoms with van der Waals surface area (Å²) in [5, 5.41) is 11.9. The lowest BCUT2D eigenvalue weighted by atomic mass is 10.1. The Bertz CT molecular complexity index is 347. The molecule has 0 saturated carbocycles. The number of anilines is 1. The van der Waals surface area contributed by atoms with Crippen LogP contribution < -0.4 is 5.32 Å². The van der Waals surface area contributed by atoms with Crippen LogP contribution in [0.1, 0.15) is 19.4 Å². The Kier molecular flexibility index (Phi) is 3.12. The van der Waals surface area contributed by atoms with Crippen LogP contribution >= 0.6 is 0 Å². The quantitative estimate of drug-likeness (QED) is 0.748. The van der Waals surface area contributed by atoms with Gasteiger partial charge in [-0.15, -0.1) is 0 Å². The van der Waals surface area contributed by atoms with Crippen LogP contribution in [0, 0.1) is 0 Å². The molecule has 1 aromatic carbocycles. The normalized spacial score (nSPS) is 11.9. The Hall–Kier alpha value is -1.39. The molecule has 0 aliphatic heterocycles. The van der Waals surface area contributed by atoms with E-state index >= 15 is 0 Å². The van der Waals surface area contributed by atoms with Crippen molar-refractivity contribution in [3.05, 3.63) is 23.8 Å². The first-order chi connectivity index (χ1) is 6.82. The average molecular weight is 219 g/mol. The molecule has 0 bridgehead atoms. The van der Waals surface area contributed by atoms with Crippen molar-refractivity contribution in [2.45, 2.75) is 26.1 Å². The number of hydrogen-bond acceptors (Lipinski definition) is 2. The molecule has 0 atom stereocenters. The maximum Gasteiger partial charge on any atom is 0.418 e. The largest absolute Gasteiger partial charge is 0.506 e. The number of halogens is 3. The van der Waals surface area contributed by atoms with Crippen LogP contribution in [0.25, 0.3) is 0 Å². The minimum absolute atomic E-state index is 0.181. The van der Waals surface area contributed by atoms with Crippen molar-refractivity contribution in [2.24, 2.45) is 0 Å². The molecule has 0 amide bonds. The van der Waals surface area contributed by atoms with Gasteiger partial charge in [-0.25, -0.2) is 0 Å². The van der Waals surface area contributed by atoms with Gasteiger partial charge in [0.2, 0.25) is 0 Å². The fraction of sp³-hybridized carbons (Fsp3) is 0.400. The molecule has 0 fully saturated rings. The van der Waals surface area contributed by atoms with E-state index in [2.05, 4.69) is 5.32 Å². The molecule has 0 aromatic heterocycles. The standard InChI is InChI=1S/C10H12F3NO/c1-6(2)14-9-7(10(11,12)13)4-3-5-8(9)15/h3-6,14-15H,1-2H3. The van der Waals surface area contributed by atoms with Crippen LogP contribution in [0.3, 0.4) is 0 Å². The molecule has 1 aromatic rings. The van der Waals surface area contributed by atoms with Gasteiger partial charge in [0.05, 0.1) is 11.3 Å². The van der Waals surface area contributed by atoms with Crippen molar-refractivity contribution in [1.29, 1.82) is 0 Å². The van der Waals surface area contributed by atoms with Gasteiger partial charge in [-0.3, -0.25) is 0 Å². The first-order valence-electron chi connectivity index (χ1n) is 4.48. The van der Waals surface area contributed by atoms with Crippen molar-refractivity contribution >= 4 is 5.69 Å². The Morgan fingerprint density at radius 1 is 1.27 bits per heavy atom. The van der Waals surface area contributed by atoms with Crippen molar-refractivity contribution in [1.82, 2.24) is 0 Å². The van der Waals surface area contributed by atoms with Crippen LogP contribution in [0.2, 0.25) is 0 Å². The maximum atomic E-state index is 12.5. The Labute approximate surface area is 85.7 Å². The summed E-state index contributed by atoms with van der Waals surface area (Å²) in [5.74, 6) is -0.390. The third-order valence-electron chi connectivity index (χ3n) is 1.78. The van der Waals surface area contributed by atoms with Gasteiger partial charge in [0.1, 0.15) is 5.75 Å². The first kappa shape index (κ1) is 11.7. The second-order valence-corrected chi connectivity index (χ2v) is 3.50. The fourth-order valence-corrected chi connectivity index (χ4v) is 1.22. The van der Waals surface area contributed by atoms with Gasteiger partial charge in [-0.05, 0) is 26.0 Å². The van der Waals surface area contributed by atoms with E-state index < -0.39 is 17.5 Å².